The van der Waals surface area contributed by atoms with Crippen LogP contribution >= 0.6 is 0 Å². The van der Waals surface area contributed by atoms with E-state index in [2.05, 4.69) is 10.2 Å². The van der Waals surface area contributed by atoms with Gasteiger partial charge in [0.1, 0.15) is 11.3 Å². The van der Waals surface area contributed by atoms with Gasteiger partial charge in [-0.2, -0.15) is 0 Å². The number of benzene rings is 1. The second kappa shape index (κ2) is 8.34. The van der Waals surface area contributed by atoms with Crippen LogP contribution in [0.15, 0.2) is 34.7 Å². The number of carbonyl (C=O) groups excluding carboxylic acids is 1. The summed E-state index contributed by atoms with van der Waals surface area (Å²) in [7, 11) is 1.83. The van der Waals surface area contributed by atoms with Crippen molar-refractivity contribution >= 4 is 17.0 Å². The maximum Gasteiger partial charge on any atom is 0.317 e. The average molecular weight is 370 g/mol. The van der Waals surface area contributed by atoms with E-state index < -0.39 is 0 Å². The highest BCUT2D eigenvalue weighted by Gasteiger charge is 2.27. The fraction of sp³-hybridized carbons (Fsp3) is 0.591. The van der Waals surface area contributed by atoms with Crippen molar-refractivity contribution in [2.75, 3.05) is 20.1 Å². The molecule has 2 fully saturated rings. The molecule has 1 aliphatic carbocycles. The molecule has 1 saturated heterocycles. The van der Waals surface area contributed by atoms with E-state index in [4.69, 9.17) is 4.42 Å². The Morgan fingerprint density at radius 2 is 1.89 bits per heavy atom. The van der Waals surface area contributed by atoms with Gasteiger partial charge >= 0.3 is 6.03 Å². The van der Waals surface area contributed by atoms with E-state index in [9.17, 15) is 4.79 Å². The number of hydrogen-bond donors (Lipinski definition) is 1. The molecule has 4 rings (SSSR count). The van der Waals surface area contributed by atoms with Gasteiger partial charge in [0.15, 0.2) is 0 Å². The van der Waals surface area contributed by atoms with Crippen molar-refractivity contribution in [2.45, 2.75) is 63.6 Å². The van der Waals surface area contributed by atoms with Gasteiger partial charge in [-0.1, -0.05) is 37.5 Å². The van der Waals surface area contributed by atoms with Crippen molar-refractivity contribution in [3.8, 4) is 0 Å². The molecule has 2 amide bonds. The quantitative estimate of drug-likeness (QED) is 0.870. The smallest absolute Gasteiger partial charge is 0.317 e. The van der Waals surface area contributed by atoms with Crippen molar-refractivity contribution < 1.29 is 9.21 Å². The van der Waals surface area contributed by atoms with E-state index in [1.165, 1.54) is 32.1 Å². The second-order valence-corrected chi connectivity index (χ2v) is 8.16. The second-order valence-electron chi connectivity index (χ2n) is 8.16. The number of amides is 2. The van der Waals surface area contributed by atoms with Crippen molar-refractivity contribution in [1.82, 2.24) is 15.1 Å². The molecule has 27 heavy (non-hydrogen) atoms. The molecule has 2 aliphatic rings. The summed E-state index contributed by atoms with van der Waals surface area (Å²) >= 11 is 0. The average Bonchev–Trinajstić information content (AvgIpc) is 3.11. The predicted octanol–water partition coefficient (Wildman–Crippen LogP) is 4.37. The Balaban J connectivity index is 1.25. The molecule has 5 heteroatoms. The molecule has 2 heterocycles. The molecule has 0 spiro atoms. The van der Waals surface area contributed by atoms with Crippen LogP contribution in [0, 0.1) is 0 Å². The topological polar surface area (TPSA) is 48.7 Å². The highest BCUT2D eigenvalue weighted by molar-refractivity contribution is 5.78. The van der Waals surface area contributed by atoms with Gasteiger partial charge in [0.2, 0.25) is 0 Å². The fourth-order valence-electron chi connectivity index (χ4n) is 4.56. The van der Waals surface area contributed by atoms with Crippen LogP contribution in [0.3, 0.4) is 0 Å². The molecular formula is C22H31N3O2. The minimum Gasteiger partial charge on any atom is -0.459 e. The van der Waals surface area contributed by atoms with Gasteiger partial charge < -0.3 is 19.5 Å². The normalized spacial score (nSPS) is 20.0. The lowest BCUT2D eigenvalue weighted by molar-refractivity contribution is 0.114. The standard InChI is InChI=1S/C22H31N3O2/c1-24(16-20-15-17-7-5-6-10-21(17)27-20)22(26)23-18-11-13-25(14-12-18)19-8-3-2-4-9-19/h5-7,10,15,18-19H,2-4,8-9,11-14,16H2,1H3,(H,23,26). The molecule has 1 aliphatic heterocycles. The zero-order valence-corrected chi connectivity index (χ0v) is 16.3. The van der Waals surface area contributed by atoms with Gasteiger partial charge in [0, 0.05) is 37.6 Å². The highest BCUT2D eigenvalue weighted by atomic mass is 16.3. The molecule has 1 N–H and O–H groups in total. The Morgan fingerprint density at radius 1 is 1.15 bits per heavy atom. The molecule has 0 radical (unpaired) electrons. The van der Waals surface area contributed by atoms with Crippen molar-refractivity contribution in [1.29, 1.82) is 0 Å². The first-order valence-electron chi connectivity index (χ1n) is 10.4. The number of urea groups is 1. The SMILES string of the molecule is CN(Cc1cc2ccccc2o1)C(=O)NC1CCN(C2CCCCC2)CC1. The number of furan rings is 1. The number of nitrogens with zero attached hydrogens (tertiary/aromatic N) is 2. The summed E-state index contributed by atoms with van der Waals surface area (Å²) in [6, 6.07) is 11.0. The zero-order chi connectivity index (χ0) is 18.6. The third-order valence-corrected chi connectivity index (χ3v) is 6.16. The number of nitrogens with one attached hydrogen (secondary N) is 1. The lowest BCUT2D eigenvalue weighted by Crippen LogP contribution is -2.50. The summed E-state index contributed by atoms with van der Waals surface area (Å²) in [5.41, 5.74) is 0.872. The number of rotatable bonds is 4. The van der Waals surface area contributed by atoms with Crippen LogP contribution in [0.4, 0.5) is 4.79 Å². The first-order chi connectivity index (χ1) is 13.2. The molecular weight excluding hydrogens is 338 g/mol. The van der Waals surface area contributed by atoms with Gasteiger partial charge in [0.25, 0.3) is 0 Å². The zero-order valence-electron chi connectivity index (χ0n) is 16.3. The summed E-state index contributed by atoms with van der Waals surface area (Å²) in [6.07, 6.45) is 9.00. The monoisotopic (exact) mass is 369 g/mol. The van der Waals surface area contributed by atoms with E-state index in [0.29, 0.717) is 6.54 Å². The summed E-state index contributed by atoms with van der Waals surface area (Å²) in [6.45, 7) is 2.72. The van der Waals surface area contributed by atoms with Crippen LogP contribution in [-0.4, -0.2) is 48.1 Å². The Hall–Kier alpha value is -2.01. The van der Waals surface area contributed by atoms with Crippen LogP contribution in [0.1, 0.15) is 50.7 Å². The minimum absolute atomic E-state index is 0.00780. The first kappa shape index (κ1) is 18.4. The largest absolute Gasteiger partial charge is 0.459 e. The number of fused-ring (bicyclic) bond motifs is 1. The van der Waals surface area contributed by atoms with Crippen molar-refractivity contribution in [3.63, 3.8) is 0 Å². The summed E-state index contributed by atoms with van der Waals surface area (Å²) in [4.78, 5) is 16.9. The van der Waals surface area contributed by atoms with Gasteiger partial charge in [-0.05, 0) is 37.8 Å². The van der Waals surface area contributed by atoms with Gasteiger partial charge in [-0.25, -0.2) is 4.79 Å². The summed E-state index contributed by atoms with van der Waals surface area (Å²) in [5, 5.41) is 4.29. The molecule has 2 aromatic rings. The number of piperidine rings is 1. The van der Waals surface area contributed by atoms with Crippen LogP contribution < -0.4 is 5.32 Å². The lowest BCUT2D eigenvalue weighted by Gasteiger charge is -2.39. The first-order valence-corrected chi connectivity index (χ1v) is 10.4. The Morgan fingerprint density at radius 3 is 2.63 bits per heavy atom. The van der Waals surface area contributed by atoms with Gasteiger partial charge in [-0.15, -0.1) is 0 Å². The number of hydrogen-bond acceptors (Lipinski definition) is 3. The maximum atomic E-state index is 12.6. The van der Waals surface area contributed by atoms with E-state index in [1.54, 1.807) is 4.90 Å². The van der Waals surface area contributed by atoms with Crippen LogP contribution in [0.25, 0.3) is 11.0 Å². The van der Waals surface area contributed by atoms with Crippen molar-refractivity contribution in [3.05, 3.63) is 36.1 Å². The highest BCUT2D eigenvalue weighted by Crippen LogP contribution is 2.25. The molecule has 0 unspecified atom stereocenters. The third kappa shape index (κ3) is 4.46. The third-order valence-electron chi connectivity index (χ3n) is 6.16. The molecule has 1 aromatic carbocycles. The van der Waals surface area contributed by atoms with Crippen LogP contribution in [0.2, 0.25) is 0 Å². The lowest BCUT2D eigenvalue weighted by atomic mass is 9.92. The minimum atomic E-state index is -0.00780. The molecule has 1 aromatic heterocycles. The molecule has 5 nitrogen and oxygen atoms in total. The van der Waals surface area contributed by atoms with Crippen molar-refractivity contribution in [2.24, 2.45) is 0 Å². The molecule has 0 atom stereocenters. The molecule has 1 saturated carbocycles. The van der Waals surface area contributed by atoms with E-state index >= 15 is 0 Å². The van der Waals surface area contributed by atoms with Crippen LogP contribution in [0.5, 0.6) is 0 Å². The van der Waals surface area contributed by atoms with Gasteiger partial charge in [0.05, 0.1) is 6.54 Å². The maximum absolute atomic E-state index is 12.6. The number of carbonyl (C=O) groups is 1. The Kier molecular flexibility index (Phi) is 5.67. The summed E-state index contributed by atoms with van der Waals surface area (Å²) < 4.78 is 5.83. The van der Waals surface area contributed by atoms with E-state index in [-0.39, 0.29) is 12.1 Å². The summed E-state index contributed by atoms with van der Waals surface area (Å²) in [5.74, 6) is 0.820. The van der Waals surface area contributed by atoms with E-state index in [0.717, 1.165) is 48.7 Å². The molecule has 146 valence electrons. The predicted molar refractivity (Wildman–Crippen MR) is 108 cm³/mol. The Bertz CT molecular complexity index is 725. The Labute approximate surface area is 161 Å². The number of para-hydroxylation sites is 1. The van der Waals surface area contributed by atoms with E-state index in [1.807, 2.05) is 37.4 Å². The van der Waals surface area contributed by atoms with Gasteiger partial charge in [-0.3, -0.25) is 0 Å². The molecule has 0 bridgehead atoms. The fourth-order valence-corrected chi connectivity index (χ4v) is 4.56. The number of likely N-dealkylation sites (tertiary alicyclic amines) is 1. The van der Waals surface area contributed by atoms with Crippen LogP contribution in [-0.2, 0) is 6.54 Å².